The van der Waals surface area contributed by atoms with Crippen LogP contribution in [-0.4, -0.2) is 44.6 Å². The number of benzene rings is 1. The van der Waals surface area contributed by atoms with E-state index in [1.807, 2.05) is 0 Å². The van der Waals surface area contributed by atoms with Crippen LogP contribution in [0.25, 0.3) is 0 Å². The van der Waals surface area contributed by atoms with Gasteiger partial charge < -0.3 is 19.5 Å². The van der Waals surface area contributed by atoms with Crippen LogP contribution in [0.1, 0.15) is 65.7 Å². The third-order valence-electron chi connectivity index (χ3n) is 4.90. The van der Waals surface area contributed by atoms with Gasteiger partial charge in [-0.25, -0.2) is 9.59 Å². The van der Waals surface area contributed by atoms with Crippen LogP contribution in [-0.2, 0) is 23.8 Å². The highest BCUT2D eigenvalue weighted by molar-refractivity contribution is 5.99. The van der Waals surface area contributed by atoms with E-state index in [-0.39, 0.29) is 16.8 Å². The van der Waals surface area contributed by atoms with Gasteiger partial charge in [0.25, 0.3) is 5.91 Å². The molecule has 0 atom stereocenters. The molecule has 0 unspecified atom stereocenters. The fraction of sp³-hybridized carbons (Fsp3) is 0.524. The SMILES string of the molecule is COC(=O)c1cc(NC(=O)COC(=O)CCC2CCCCC2)cc(C(=O)OC)c1. The average Bonchev–Trinajstić information content (AvgIpc) is 2.75. The molecule has 0 aromatic heterocycles. The summed E-state index contributed by atoms with van der Waals surface area (Å²) < 4.78 is 14.3. The molecule has 1 aromatic rings. The molecule has 8 nitrogen and oxygen atoms in total. The van der Waals surface area contributed by atoms with Gasteiger partial charge in [0.1, 0.15) is 0 Å². The van der Waals surface area contributed by atoms with Gasteiger partial charge in [0, 0.05) is 12.1 Å². The van der Waals surface area contributed by atoms with Gasteiger partial charge in [0.05, 0.1) is 25.3 Å². The summed E-state index contributed by atoms with van der Waals surface area (Å²) in [6.07, 6.45) is 7.04. The zero-order valence-corrected chi connectivity index (χ0v) is 16.8. The van der Waals surface area contributed by atoms with Gasteiger partial charge in [-0.15, -0.1) is 0 Å². The van der Waals surface area contributed by atoms with E-state index in [1.54, 1.807) is 0 Å². The maximum Gasteiger partial charge on any atom is 0.337 e. The fourth-order valence-corrected chi connectivity index (χ4v) is 3.38. The molecule has 0 radical (unpaired) electrons. The number of anilines is 1. The summed E-state index contributed by atoms with van der Waals surface area (Å²) in [5.74, 6) is -1.76. The van der Waals surface area contributed by atoms with Crippen LogP contribution in [0.4, 0.5) is 5.69 Å². The molecule has 1 saturated carbocycles. The topological polar surface area (TPSA) is 108 Å². The number of rotatable bonds is 8. The molecule has 29 heavy (non-hydrogen) atoms. The van der Waals surface area contributed by atoms with Crippen molar-refractivity contribution in [2.75, 3.05) is 26.1 Å². The van der Waals surface area contributed by atoms with Crippen molar-refractivity contribution in [1.29, 1.82) is 0 Å². The van der Waals surface area contributed by atoms with Gasteiger partial charge in [-0.05, 0) is 30.5 Å². The monoisotopic (exact) mass is 405 g/mol. The maximum atomic E-state index is 12.1. The van der Waals surface area contributed by atoms with Crippen molar-refractivity contribution in [2.24, 2.45) is 5.92 Å². The molecule has 1 fully saturated rings. The zero-order valence-electron chi connectivity index (χ0n) is 16.8. The van der Waals surface area contributed by atoms with Gasteiger partial charge in [-0.3, -0.25) is 9.59 Å². The van der Waals surface area contributed by atoms with Crippen LogP contribution in [0, 0.1) is 5.92 Å². The Kier molecular flexibility index (Phi) is 8.64. The average molecular weight is 405 g/mol. The lowest BCUT2D eigenvalue weighted by Gasteiger charge is -2.20. The Hall–Kier alpha value is -2.90. The summed E-state index contributed by atoms with van der Waals surface area (Å²) in [6, 6.07) is 4.03. The highest BCUT2D eigenvalue weighted by Gasteiger charge is 2.17. The third kappa shape index (κ3) is 7.21. The van der Waals surface area contributed by atoms with E-state index >= 15 is 0 Å². The molecule has 158 valence electrons. The van der Waals surface area contributed by atoms with Crippen molar-refractivity contribution in [3.05, 3.63) is 29.3 Å². The molecule has 0 saturated heterocycles. The minimum atomic E-state index is -0.666. The van der Waals surface area contributed by atoms with Crippen LogP contribution in [0.15, 0.2) is 18.2 Å². The molecule has 0 aliphatic heterocycles. The first-order valence-corrected chi connectivity index (χ1v) is 9.70. The zero-order chi connectivity index (χ0) is 21.2. The first-order valence-electron chi connectivity index (χ1n) is 9.70. The second-order valence-corrected chi connectivity index (χ2v) is 7.03. The Labute approximate surface area is 169 Å². The van der Waals surface area contributed by atoms with Crippen LogP contribution in [0.2, 0.25) is 0 Å². The number of carbonyl (C=O) groups is 4. The van der Waals surface area contributed by atoms with Crippen LogP contribution >= 0.6 is 0 Å². The van der Waals surface area contributed by atoms with Gasteiger partial charge in [-0.2, -0.15) is 0 Å². The van der Waals surface area contributed by atoms with Crippen molar-refractivity contribution >= 4 is 29.5 Å². The van der Waals surface area contributed by atoms with Crippen molar-refractivity contribution in [3.8, 4) is 0 Å². The van der Waals surface area contributed by atoms with E-state index in [1.165, 1.54) is 51.7 Å². The molecule has 1 aliphatic carbocycles. The molecule has 0 heterocycles. The van der Waals surface area contributed by atoms with E-state index in [2.05, 4.69) is 14.8 Å². The summed E-state index contributed by atoms with van der Waals surface area (Å²) in [7, 11) is 2.41. The predicted octanol–water partition coefficient (Wildman–Crippen LogP) is 3.10. The Morgan fingerprint density at radius 3 is 2.07 bits per heavy atom. The normalized spacial score (nSPS) is 14.0. The molecule has 8 heteroatoms. The van der Waals surface area contributed by atoms with Gasteiger partial charge >= 0.3 is 17.9 Å². The molecule has 0 bridgehead atoms. The van der Waals surface area contributed by atoms with Crippen molar-refractivity contribution in [3.63, 3.8) is 0 Å². The minimum absolute atomic E-state index is 0.0789. The summed E-state index contributed by atoms with van der Waals surface area (Å²) in [5.41, 5.74) is 0.349. The second kappa shape index (κ2) is 11.2. The lowest BCUT2D eigenvalue weighted by molar-refractivity contribution is -0.147. The Morgan fingerprint density at radius 2 is 1.52 bits per heavy atom. The Bertz CT molecular complexity index is 719. The first kappa shape index (κ1) is 22.4. The molecule has 1 aliphatic rings. The molecular formula is C21H27NO7. The minimum Gasteiger partial charge on any atom is -0.465 e. The summed E-state index contributed by atoms with van der Waals surface area (Å²) in [4.78, 5) is 47.5. The number of ether oxygens (including phenoxy) is 3. The van der Waals surface area contributed by atoms with Crippen molar-refractivity contribution < 1.29 is 33.4 Å². The van der Waals surface area contributed by atoms with Crippen molar-refractivity contribution in [2.45, 2.75) is 44.9 Å². The molecular weight excluding hydrogens is 378 g/mol. The highest BCUT2D eigenvalue weighted by atomic mass is 16.5. The number of hydrogen-bond donors (Lipinski definition) is 1. The molecule has 1 N–H and O–H groups in total. The molecule has 0 spiro atoms. The number of methoxy groups -OCH3 is 2. The van der Waals surface area contributed by atoms with E-state index < -0.39 is 30.4 Å². The predicted molar refractivity (Wildman–Crippen MR) is 105 cm³/mol. The van der Waals surface area contributed by atoms with Gasteiger partial charge in [0.15, 0.2) is 6.61 Å². The van der Waals surface area contributed by atoms with E-state index in [0.717, 1.165) is 19.3 Å². The van der Waals surface area contributed by atoms with Gasteiger partial charge in [-0.1, -0.05) is 32.1 Å². The lowest BCUT2D eigenvalue weighted by Crippen LogP contribution is -2.22. The summed E-state index contributed by atoms with van der Waals surface area (Å²) in [5, 5.41) is 2.51. The third-order valence-corrected chi connectivity index (χ3v) is 4.90. The Balaban J connectivity index is 1.89. The maximum absolute atomic E-state index is 12.1. The van der Waals surface area contributed by atoms with Gasteiger partial charge in [0.2, 0.25) is 0 Å². The number of amides is 1. The number of nitrogens with one attached hydrogen (secondary N) is 1. The van der Waals surface area contributed by atoms with Crippen molar-refractivity contribution in [1.82, 2.24) is 0 Å². The number of esters is 3. The van der Waals surface area contributed by atoms with E-state index in [0.29, 0.717) is 12.3 Å². The molecule has 1 aromatic carbocycles. The van der Waals surface area contributed by atoms with E-state index in [9.17, 15) is 19.2 Å². The van der Waals surface area contributed by atoms with Crippen LogP contribution in [0.5, 0.6) is 0 Å². The van der Waals surface area contributed by atoms with Crippen LogP contribution in [0.3, 0.4) is 0 Å². The smallest absolute Gasteiger partial charge is 0.337 e. The van der Waals surface area contributed by atoms with Crippen LogP contribution < -0.4 is 5.32 Å². The molecule has 1 amide bonds. The quantitative estimate of drug-likeness (QED) is 0.523. The highest BCUT2D eigenvalue weighted by Crippen LogP contribution is 2.27. The summed E-state index contributed by atoms with van der Waals surface area (Å²) >= 11 is 0. The number of carbonyl (C=O) groups excluding carboxylic acids is 4. The standard InChI is InChI=1S/C21H27NO7/c1-27-20(25)15-10-16(21(26)28-2)12-17(11-15)22-18(23)13-29-19(24)9-8-14-6-4-3-5-7-14/h10-12,14H,3-9,13H2,1-2H3,(H,22,23). The number of hydrogen-bond acceptors (Lipinski definition) is 7. The second-order valence-electron chi connectivity index (χ2n) is 7.03. The lowest BCUT2D eigenvalue weighted by atomic mass is 9.86. The first-order chi connectivity index (χ1) is 13.9. The van der Waals surface area contributed by atoms with E-state index in [4.69, 9.17) is 4.74 Å². The Morgan fingerprint density at radius 1 is 0.931 bits per heavy atom. The summed E-state index contributed by atoms with van der Waals surface area (Å²) in [6.45, 7) is -0.445. The fourth-order valence-electron chi connectivity index (χ4n) is 3.38. The molecule has 2 rings (SSSR count). The largest absolute Gasteiger partial charge is 0.465 e.